The minimum atomic E-state index is -1.20. The summed E-state index contributed by atoms with van der Waals surface area (Å²) in [7, 11) is 0. The molecule has 33 heavy (non-hydrogen) atoms. The minimum absolute atomic E-state index is 0.0538. The molecule has 0 unspecified atom stereocenters. The fourth-order valence-corrected chi connectivity index (χ4v) is 3.89. The van der Waals surface area contributed by atoms with Gasteiger partial charge in [-0.05, 0) is 54.6 Å². The van der Waals surface area contributed by atoms with Crippen molar-refractivity contribution in [3.8, 4) is 0 Å². The zero-order chi connectivity index (χ0) is 23.7. The maximum atomic E-state index is 14.9. The number of nitrogens with zero attached hydrogens (tertiary/aromatic N) is 1. The number of hydrogen-bond donors (Lipinski definition) is 2. The van der Waals surface area contributed by atoms with Gasteiger partial charge in [0.1, 0.15) is 11.6 Å². The Kier molecular flexibility index (Phi) is 5.98. The lowest BCUT2D eigenvalue weighted by Crippen LogP contribution is -2.29. The summed E-state index contributed by atoms with van der Waals surface area (Å²) in [4.78, 5) is 38.6. The average molecular weight is 465 g/mol. The first-order chi connectivity index (χ1) is 15.8. The first-order valence-electron chi connectivity index (χ1n) is 9.97. The molecule has 0 aromatic heterocycles. The fourth-order valence-electron chi connectivity index (χ4n) is 3.76. The molecule has 1 heterocycles. The third kappa shape index (κ3) is 4.23. The highest BCUT2D eigenvalue weighted by Gasteiger charge is 2.47. The van der Waals surface area contributed by atoms with E-state index in [1.165, 1.54) is 61.5 Å². The molecule has 1 atom stereocenters. The number of nitrogens with one attached hydrogen (secondary N) is 1. The van der Waals surface area contributed by atoms with Crippen LogP contribution in [0.3, 0.4) is 0 Å². The number of aliphatic hydroxyl groups excluding tert-OH is 1. The van der Waals surface area contributed by atoms with Gasteiger partial charge in [-0.1, -0.05) is 29.8 Å². The number of rotatable bonds is 4. The molecule has 1 fully saturated rings. The van der Waals surface area contributed by atoms with Crippen molar-refractivity contribution in [3.05, 3.63) is 100 Å². The number of halogens is 2. The van der Waals surface area contributed by atoms with Crippen molar-refractivity contribution in [3.63, 3.8) is 0 Å². The van der Waals surface area contributed by atoms with Crippen LogP contribution in [0.15, 0.2) is 78.4 Å². The summed E-state index contributed by atoms with van der Waals surface area (Å²) < 4.78 is 14.9. The van der Waals surface area contributed by atoms with E-state index in [0.29, 0.717) is 16.4 Å². The SMILES string of the molecule is CC(=O)Nc1ccc(N2C(=O)C(=O)C(=C(O)c3ccc(Cl)cc3)[C@H]2c2ccccc2F)cc1. The smallest absolute Gasteiger partial charge is 0.300 e. The number of amides is 2. The third-order valence-corrected chi connectivity index (χ3v) is 5.48. The van der Waals surface area contributed by atoms with Crippen LogP contribution in [0.1, 0.15) is 24.1 Å². The molecular formula is C25H18ClFN2O4. The van der Waals surface area contributed by atoms with Gasteiger partial charge in [-0.2, -0.15) is 0 Å². The van der Waals surface area contributed by atoms with Crippen molar-refractivity contribution in [1.82, 2.24) is 0 Å². The number of carbonyl (C=O) groups excluding carboxylic acids is 3. The molecule has 6 nitrogen and oxygen atoms in total. The van der Waals surface area contributed by atoms with Crippen LogP contribution in [0, 0.1) is 5.82 Å². The second-order valence-electron chi connectivity index (χ2n) is 7.43. The summed E-state index contributed by atoms with van der Waals surface area (Å²) in [6.45, 7) is 1.36. The zero-order valence-corrected chi connectivity index (χ0v) is 18.1. The van der Waals surface area contributed by atoms with Gasteiger partial charge in [0.05, 0.1) is 11.6 Å². The second kappa shape index (κ2) is 8.88. The molecule has 1 aliphatic rings. The molecule has 0 bridgehead atoms. The molecule has 3 aromatic rings. The molecule has 2 amide bonds. The second-order valence-corrected chi connectivity index (χ2v) is 7.86. The van der Waals surface area contributed by atoms with Crippen molar-refractivity contribution in [2.45, 2.75) is 13.0 Å². The molecule has 0 radical (unpaired) electrons. The Bertz CT molecular complexity index is 1290. The Morgan fingerprint density at radius 1 is 1.00 bits per heavy atom. The highest BCUT2D eigenvalue weighted by molar-refractivity contribution is 6.51. The molecule has 1 saturated heterocycles. The van der Waals surface area contributed by atoms with Gasteiger partial charge in [0.2, 0.25) is 5.91 Å². The van der Waals surface area contributed by atoms with Crippen molar-refractivity contribution in [2.75, 3.05) is 10.2 Å². The summed E-state index contributed by atoms with van der Waals surface area (Å²) in [5.41, 5.74) is 0.873. The van der Waals surface area contributed by atoms with Crippen LogP contribution in [-0.2, 0) is 14.4 Å². The summed E-state index contributed by atoms with van der Waals surface area (Å²) in [6, 6.07) is 16.8. The first-order valence-corrected chi connectivity index (χ1v) is 10.3. The number of aliphatic hydroxyl groups is 1. The van der Waals surface area contributed by atoms with Gasteiger partial charge in [0.15, 0.2) is 0 Å². The first kappa shape index (κ1) is 22.2. The van der Waals surface area contributed by atoms with Crippen LogP contribution in [0.2, 0.25) is 5.02 Å². The number of anilines is 2. The molecule has 166 valence electrons. The van der Waals surface area contributed by atoms with E-state index in [1.807, 2.05) is 0 Å². The Labute approximate surface area is 193 Å². The molecule has 0 saturated carbocycles. The largest absolute Gasteiger partial charge is 0.507 e. The van der Waals surface area contributed by atoms with Crippen molar-refractivity contribution < 1.29 is 23.9 Å². The highest BCUT2D eigenvalue weighted by Crippen LogP contribution is 2.43. The lowest BCUT2D eigenvalue weighted by Gasteiger charge is -2.26. The predicted molar refractivity (Wildman–Crippen MR) is 123 cm³/mol. The summed E-state index contributed by atoms with van der Waals surface area (Å²) >= 11 is 5.92. The molecule has 8 heteroatoms. The normalized spacial score (nSPS) is 17.3. The lowest BCUT2D eigenvalue weighted by atomic mass is 9.94. The van der Waals surface area contributed by atoms with E-state index in [-0.39, 0.29) is 22.6 Å². The third-order valence-electron chi connectivity index (χ3n) is 5.23. The van der Waals surface area contributed by atoms with Gasteiger partial charge in [0, 0.05) is 34.4 Å². The summed E-state index contributed by atoms with van der Waals surface area (Å²) in [5.74, 6) is -3.19. The number of ketones is 1. The van der Waals surface area contributed by atoms with Crippen LogP contribution >= 0.6 is 11.6 Å². The number of benzene rings is 3. The Morgan fingerprint density at radius 2 is 1.64 bits per heavy atom. The van der Waals surface area contributed by atoms with Gasteiger partial charge in [0.25, 0.3) is 11.7 Å². The maximum Gasteiger partial charge on any atom is 0.300 e. The topological polar surface area (TPSA) is 86.7 Å². The van der Waals surface area contributed by atoms with Crippen molar-refractivity contribution >= 4 is 46.3 Å². The fraction of sp³-hybridized carbons (Fsp3) is 0.0800. The Morgan fingerprint density at radius 3 is 2.24 bits per heavy atom. The van der Waals surface area contributed by atoms with E-state index in [2.05, 4.69) is 5.32 Å². The van der Waals surface area contributed by atoms with Crippen LogP contribution in [0.5, 0.6) is 0 Å². The zero-order valence-electron chi connectivity index (χ0n) is 17.4. The molecule has 4 rings (SSSR count). The standard InChI is InChI=1S/C25H18ClFN2O4/c1-14(30)28-17-10-12-18(13-11-17)29-22(19-4-2-3-5-20(19)27)21(24(32)25(29)33)23(31)15-6-8-16(26)9-7-15/h2-13,22,31H,1H3,(H,28,30)/t22-/m1/s1. The highest BCUT2D eigenvalue weighted by atomic mass is 35.5. The number of carbonyl (C=O) groups is 3. The van der Waals surface area contributed by atoms with Crippen LogP contribution < -0.4 is 10.2 Å². The van der Waals surface area contributed by atoms with Gasteiger partial charge < -0.3 is 10.4 Å². The van der Waals surface area contributed by atoms with E-state index in [0.717, 1.165) is 4.90 Å². The summed E-state index contributed by atoms with van der Waals surface area (Å²) in [5, 5.41) is 14.0. The van der Waals surface area contributed by atoms with E-state index in [9.17, 15) is 23.9 Å². The Hall–Kier alpha value is -3.97. The van der Waals surface area contributed by atoms with E-state index in [1.54, 1.807) is 18.2 Å². The molecule has 2 N–H and O–H groups in total. The van der Waals surface area contributed by atoms with E-state index >= 15 is 0 Å². The van der Waals surface area contributed by atoms with Gasteiger partial charge in [-0.25, -0.2) is 4.39 Å². The monoisotopic (exact) mass is 464 g/mol. The van der Waals surface area contributed by atoms with Crippen LogP contribution in [0.25, 0.3) is 5.76 Å². The molecular weight excluding hydrogens is 447 g/mol. The van der Waals surface area contributed by atoms with Gasteiger partial charge in [-0.3, -0.25) is 19.3 Å². The van der Waals surface area contributed by atoms with Crippen LogP contribution in [-0.4, -0.2) is 22.7 Å². The molecule has 3 aromatic carbocycles. The average Bonchev–Trinajstić information content (AvgIpc) is 3.05. The predicted octanol–water partition coefficient (Wildman–Crippen LogP) is 5.06. The van der Waals surface area contributed by atoms with Crippen molar-refractivity contribution in [2.24, 2.45) is 0 Å². The number of Topliss-reactive ketones (excluding diaryl/α,β-unsaturated/α-hetero) is 1. The van der Waals surface area contributed by atoms with Crippen molar-refractivity contribution in [1.29, 1.82) is 0 Å². The lowest BCUT2D eigenvalue weighted by molar-refractivity contribution is -0.132. The van der Waals surface area contributed by atoms with E-state index < -0.39 is 29.3 Å². The van der Waals surface area contributed by atoms with Crippen LogP contribution in [0.4, 0.5) is 15.8 Å². The van der Waals surface area contributed by atoms with E-state index in [4.69, 9.17) is 11.6 Å². The summed E-state index contributed by atoms with van der Waals surface area (Å²) in [6.07, 6.45) is 0. The molecule has 0 spiro atoms. The molecule has 0 aliphatic carbocycles. The Balaban J connectivity index is 1.89. The minimum Gasteiger partial charge on any atom is -0.507 e. The van der Waals surface area contributed by atoms with Gasteiger partial charge >= 0.3 is 0 Å². The molecule has 1 aliphatic heterocycles. The number of hydrogen-bond acceptors (Lipinski definition) is 4. The maximum absolute atomic E-state index is 14.9. The van der Waals surface area contributed by atoms with Gasteiger partial charge in [-0.15, -0.1) is 0 Å². The quantitative estimate of drug-likeness (QED) is 0.321.